The van der Waals surface area contributed by atoms with Crippen LogP contribution in [-0.4, -0.2) is 41.3 Å². The second kappa shape index (κ2) is 7.28. The molecule has 0 aliphatic carbocycles. The normalized spacial score (nSPS) is 17.6. The van der Waals surface area contributed by atoms with Gasteiger partial charge in [-0.1, -0.05) is 11.6 Å². The van der Waals surface area contributed by atoms with Crippen molar-refractivity contribution in [3.63, 3.8) is 0 Å². The highest BCUT2D eigenvalue weighted by atomic mass is 35.5. The number of nitrogens with two attached hydrogens (primary N) is 1. The lowest BCUT2D eigenvalue weighted by Gasteiger charge is -2.31. The third-order valence-corrected chi connectivity index (χ3v) is 3.95. The Kier molecular flexibility index (Phi) is 5.38. The number of carbonyl (C=O) groups excluding carboxylic acids is 2. The van der Waals surface area contributed by atoms with E-state index in [1.54, 1.807) is 0 Å². The van der Waals surface area contributed by atoms with Crippen LogP contribution in [0.5, 0.6) is 5.75 Å². The molecule has 0 aromatic heterocycles. The summed E-state index contributed by atoms with van der Waals surface area (Å²) >= 11 is 5.89. The van der Waals surface area contributed by atoms with Crippen LogP contribution < -0.4 is 10.5 Å². The average molecular weight is 342 g/mol. The van der Waals surface area contributed by atoms with Crippen molar-refractivity contribution in [2.24, 2.45) is 11.7 Å². The number of piperidine rings is 1. The monoisotopic (exact) mass is 341 g/mol. The summed E-state index contributed by atoms with van der Waals surface area (Å²) in [5.41, 5.74) is 5.11. The first-order valence-electron chi connectivity index (χ1n) is 7.02. The van der Waals surface area contributed by atoms with Crippen LogP contribution in [0.2, 0.25) is 5.02 Å². The predicted molar refractivity (Wildman–Crippen MR) is 82.1 cm³/mol. The van der Waals surface area contributed by atoms with E-state index in [1.165, 1.54) is 17.0 Å². The van der Waals surface area contributed by atoms with Crippen molar-refractivity contribution < 1.29 is 19.2 Å². The van der Waals surface area contributed by atoms with Gasteiger partial charge in [0.1, 0.15) is 5.75 Å². The molecule has 1 fully saturated rings. The van der Waals surface area contributed by atoms with Gasteiger partial charge in [0.25, 0.3) is 11.6 Å². The minimum Gasteiger partial charge on any atom is -0.482 e. The van der Waals surface area contributed by atoms with Gasteiger partial charge in [0.15, 0.2) is 6.61 Å². The van der Waals surface area contributed by atoms with Crippen LogP contribution in [0.3, 0.4) is 0 Å². The summed E-state index contributed by atoms with van der Waals surface area (Å²) in [4.78, 5) is 34.9. The van der Waals surface area contributed by atoms with Crippen LogP contribution in [0.15, 0.2) is 18.2 Å². The Morgan fingerprint density at radius 1 is 1.48 bits per heavy atom. The Morgan fingerprint density at radius 3 is 2.83 bits per heavy atom. The predicted octanol–water partition coefficient (Wildman–Crippen LogP) is 1.35. The molecule has 0 spiro atoms. The standard InChI is InChI=1S/C14H16ClN3O5/c15-11-6-10(18(21)22)3-4-12(11)23-8-13(19)17-5-1-2-9(7-17)14(16)20/h3-4,6,9H,1-2,5,7-8H2,(H2,16,20)/t9-/m0/s1. The molecule has 124 valence electrons. The van der Waals surface area contributed by atoms with Crippen LogP contribution in [0.4, 0.5) is 5.69 Å². The minimum atomic E-state index is -0.571. The highest BCUT2D eigenvalue weighted by molar-refractivity contribution is 6.32. The van der Waals surface area contributed by atoms with E-state index in [2.05, 4.69) is 0 Å². The fraction of sp³-hybridized carbons (Fsp3) is 0.429. The quantitative estimate of drug-likeness (QED) is 0.641. The molecular weight excluding hydrogens is 326 g/mol. The maximum atomic E-state index is 12.1. The fourth-order valence-corrected chi connectivity index (χ4v) is 2.62. The summed E-state index contributed by atoms with van der Waals surface area (Å²) < 4.78 is 5.32. The molecule has 1 aliphatic heterocycles. The van der Waals surface area contributed by atoms with Gasteiger partial charge in [-0.25, -0.2) is 0 Å². The number of likely N-dealkylation sites (tertiary alicyclic amines) is 1. The molecule has 23 heavy (non-hydrogen) atoms. The van der Waals surface area contributed by atoms with E-state index < -0.39 is 10.8 Å². The van der Waals surface area contributed by atoms with Gasteiger partial charge < -0.3 is 15.4 Å². The third-order valence-electron chi connectivity index (χ3n) is 3.65. The first-order chi connectivity index (χ1) is 10.9. The van der Waals surface area contributed by atoms with Crippen LogP contribution in [-0.2, 0) is 9.59 Å². The van der Waals surface area contributed by atoms with Gasteiger partial charge in [0.05, 0.1) is 15.9 Å². The van der Waals surface area contributed by atoms with E-state index in [0.29, 0.717) is 19.4 Å². The zero-order chi connectivity index (χ0) is 17.0. The molecule has 0 unspecified atom stereocenters. The molecule has 2 rings (SSSR count). The average Bonchev–Trinajstić information content (AvgIpc) is 2.53. The lowest BCUT2D eigenvalue weighted by molar-refractivity contribution is -0.384. The van der Waals surface area contributed by atoms with Crippen molar-refractivity contribution in [2.75, 3.05) is 19.7 Å². The molecule has 0 radical (unpaired) electrons. The second-order valence-electron chi connectivity index (χ2n) is 5.24. The Hall–Kier alpha value is -2.35. The molecule has 1 atom stereocenters. The van der Waals surface area contributed by atoms with Crippen LogP contribution in [0.25, 0.3) is 0 Å². The highest BCUT2D eigenvalue weighted by Crippen LogP contribution is 2.28. The fourth-order valence-electron chi connectivity index (χ4n) is 2.39. The van der Waals surface area contributed by atoms with Gasteiger partial charge in [0.2, 0.25) is 5.91 Å². The number of rotatable bonds is 5. The van der Waals surface area contributed by atoms with E-state index >= 15 is 0 Å². The number of halogens is 1. The van der Waals surface area contributed by atoms with E-state index in [4.69, 9.17) is 22.1 Å². The Balaban J connectivity index is 1.94. The largest absolute Gasteiger partial charge is 0.482 e. The smallest absolute Gasteiger partial charge is 0.271 e. The van der Waals surface area contributed by atoms with Gasteiger partial charge in [-0.15, -0.1) is 0 Å². The van der Waals surface area contributed by atoms with Gasteiger partial charge in [0, 0.05) is 25.2 Å². The molecule has 0 bridgehead atoms. The molecule has 1 aliphatic rings. The summed E-state index contributed by atoms with van der Waals surface area (Å²) in [6, 6.07) is 3.75. The number of non-ortho nitro benzene ring substituents is 1. The van der Waals surface area contributed by atoms with Crippen molar-refractivity contribution >= 4 is 29.1 Å². The summed E-state index contributed by atoms with van der Waals surface area (Å²) in [6.45, 7) is 0.564. The SMILES string of the molecule is NC(=O)[C@H]1CCCN(C(=O)COc2ccc([N+](=O)[O-])cc2Cl)C1. The van der Waals surface area contributed by atoms with Crippen molar-refractivity contribution in [3.8, 4) is 5.75 Å². The van der Waals surface area contributed by atoms with Gasteiger partial charge >= 0.3 is 0 Å². The number of hydrogen-bond acceptors (Lipinski definition) is 5. The van der Waals surface area contributed by atoms with Crippen LogP contribution >= 0.6 is 11.6 Å². The number of nitro benzene ring substituents is 1. The highest BCUT2D eigenvalue weighted by Gasteiger charge is 2.27. The maximum absolute atomic E-state index is 12.1. The molecule has 0 saturated carbocycles. The number of nitrogens with zero attached hydrogens (tertiary/aromatic N) is 2. The third kappa shape index (κ3) is 4.32. The summed E-state index contributed by atoms with van der Waals surface area (Å²) in [5, 5.41) is 10.7. The number of primary amides is 1. The molecule has 2 N–H and O–H groups in total. The van der Waals surface area contributed by atoms with Crippen LogP contribution in [0.1, 0.15) is 12.8 Å². The van der Waals surface area contributed by atoms with Crippen molar-refractivity contribution in [3.05, 3.63) is 33.3 Å². The summed E-state index contributed by atoms with van der Waals surface area (Å²) in [6.07, 6.45) is 1.38. The molecule has 1 aromatic carbocycles. The number of hydrogen-bond donors (Lipinski definition) is 1. The molecule has 9 heteroatoms. The van der Waals surface area contributed by atoms with Crippen molar-refractivity contribution in [1.82, 2.24) is 4.90 Å². The summed E-state index contributed by atoms with van der Waals surface area (Å²) in [7, 11) is 0. The number of carbonyl (C=O) groups is 2. The minimum absolute atomic E-state index is 0.0562. The number of ether oxygens (including phenoxy) is 1. The first-order valence-corrected chi connectivity index (χ1v) is 7.40. The zero-order valence-electron chi connectivity index (χ0n) is 12.2. The second-order valence-corrected chi connectivity index (χ2v) is 5.65. The Bertz CT molecular complexity index is 637. The van der Waals surface area contributed by atoms with E-state index in [-0.39, 0.29) is 41.4 Å². The number of amides is 2. The Morgan fingerprint density at radius 2 is 2.22 bits per heavy atom. The number of benzene rings is 1. The molecule has 8 nitrogen and oxygen atoms in total. The van der Waals surface area contributed by atoms with Crippen LogP contribution in [0, 0.1) is 16.0 Å². The lowest BCUT2D eigenvalue weighted by Crippen LogP contribution is -2.45. The van der Waals surface area contributed by atoms with E-state index in [0.717, 1.165) is 6.07 Å². The lowest BCUT2D eigenvalue weighted by atomic mass is 9.97. The van der Waals surface area contributed by atoms with Crippen molar-refractivity contribution in [1.29, 1.82) is 0 Å². The molecule has 2 amide bonds. The molecule has 1 heterocycles. The topological polar surface area (TPSA) is 116 Å². The molecule has 1 saturated heterocycles. The van der Waals surface area contributed by atoms with Gasteiger partial charge in [-0.3, -0.25) is 19.7 Å². The molecular formula is C14H16ClN3O5. The van der Waals surface area contributed by atoms with Crippen molar-refractivity contribution in [2.45, 2.75) is 12.8 Å². The molecule has 1 aromatic rings. The maximum Gasteiger partial charge on any atom is 0.271 e. The number of nitro groups is 1. The van der Waals surface area contributed by atoms with E-state index in [9.17, 15) is 19.7 Å². The summed E-state index contributed by atoms with van der Waals surface area (Å²) in [5.74, 6) is -0.850. The van der Waals surface area contributed by atoms with Gasteiger partial charge in [-0.2, -0.15) is 0 Å². The van der Waals surface area contributed by atoms with Gasteiger partial charge in [-0.05, 0) is 18.9 Å². The first kappa shape index (κ1) is 17.0. The Labute approximate surface area is 137 Å². The van der Waals surface area contributed by atoms with E-state index in [1.807, 2.05) is 0 Å². The zero-order valence-corrected chi connectivity index (χ0v) is 13.0.